The van der Waals surface area contributed by atoms with E-state index in [9.17, 15) is 9.59 Å². The minimum Gasteiger partial charge on any atom is -0.350 e. The molecule has 2 aromatic heterocycles. The SMILES string of the molecule is O=C1C[C@H](c2cccnc2)C2(CCN(C(=O)c3ccnnc3)CC2)N1. The smallest absolute Gasteiger partial charge is 0.255 e. The lowest BCUT2D eigenvalue weighted by molar-refractivity contribution is -0.120. The first-order valence-corrected chi connectivity index (χ1v) is 8.45. The number of nitrogens with zero attached hydrogens (tertiary/aromatic N) is 4. The number of likely N-dealkylation sites (tertiary alicyclic amines) is 1. The van der Waals surface area contributed by atoms with Crippen molar-refractivity contribution in [2.75, 3.05) is 13.1 Å². The van der Waals surface area contributed by atoms with Crippen molar-refractivity contribution in [2.24, 2.45) is 0 Å². The molecule has 7 nitrogen and oxygen atoms in total. The predicted octanol–water partition coefficient (Wildman–Crippen LogP) is 1.15. The summed E-state index contributed by atoms with van der Waals surface area (Å²) in [4.78, 5) is 30.7. The Morgan fingerprint density at radius 3 is 2.68 bits per heavy atom. The van der Waals surface area contributed by atoms with Gasteiger partial charge in [0.05, 0.1) is 23.5 Å². The number of carbonyl (C=O) groups is 2. The summed E-state index contributed by atoms with van der Waals surface area (Å²) in [7, 11) is 0. The first-order valence-electron chi connectivity index (χ1n) is 8.45. The highest BCUT2D eigenvalue weighted by Gasteiger charge is 2.49. The van der Waals surface area contributed by atoms with Crippen LogP contribution in [0.15, 0.2) is 43.0 Å². The molecular weight excluding hydrogens is 318 g/mol. The lowest BCUT2D eigenvalue weighted by atomic mass is 9.74. The summed E-state index contributed by atoms with van der Waals surface area (Å²) < 4.78 is 0. The minimum absolute atomic E-state index is 0.0352. The van der Waals surface area contributed by atoms with E-state index in [1.54, 1.807) is 12.3 Å². The van der Waals surface area contributed by atoms with E-state index in [1.807, 2.05) is 23.2 Å². The van der Waals surface area contributed by atoms with Crippen LogP contribution in [0.25, 0.3) is 0 Å². The van der Waals surface area contributed by atoms with Gasteiger partial charge in [-0.25, -0.2) is 0 Å². The van der Waals surface area contributed by atoms with Crippen LogP contribution in [0.1, 0.15) is 41.1 Å². The second-order valence-corrected chi connectivity index (χ2v) is 6.67. The van der Waals surface area contributed by atoms with Crippen LogP contribution >= 0.6 is 0 Å². The zero-order valence-electron chi connectivity index (χ0n) is 13.8. The zero-order valence-corrected chi connectivity index (χ0v) is 13.8. The maximum atomic E-state index is 12.6. The molecule has 4 rings (SSSR count). The summed E-state index contributed by atoms with van der Waals surface area (Å²) in [5.41, 5.74) is 1.34. The molecular formula is C18H19N5O2. The van der Waals surface area contributed by atoms with Gasteiger partial charge >= 0.3 is 0 Å². The quantitative estimate of drug-likeness (QED) is 0.888. The third kappa shape index (κ3) is 2.86. The van der Waals surface area contributed by atoms with Crippen LogP contribution in [-0.4, -0.2) is 50.5 Å². The molecule has 1 N–H and O–H groups in total. The van der Waals surface area contributed by atoms with Gasteiger partial charge in [-0.05, 0) is 30.5 Å². The van der Waals surface area contributed by atoms with Crippen molar-refractivity contribution in [1.29, 1.82) is 0 Å². The first-order chi connectivity index (χ1) is 12.2. The summed E-state index contributed by atoms with van der Waals surface area (Å²) in [6.07, 6.45) is 8.55. The van der Waals surface area contributed by atoms with Gasteiger partial charge in [0.15, 0.2) is 0 Å². The van der Waals surface area contributed by atoms with Gasteiger partial charge in [0.25, 0.3) is 5.91 Å². The molecule has 1 spiro atoms. The summed E-state index contributed by atoms with van der Waals surface area (Å²) in [6.45, 7) is 1.22. The highest BCUT2D eigenvalue weighted by molar-refractivity contribution is 5.94. The van der Waals surface area contributed by atoms with E-state index in [0.717, 1.165) is 18.4 Å². The van der Waals surface area contributed by atoms with Gasteiger partial charge in [0, 0.05) is 37.8 Å². The molecule has 2 saturated heterocycles. The summed E-state index contributed by atoms with van der Waals surface area (Å²) in [5, 5.41) is 10.7. The van der Waals surface area contributed by atoms with E-state index in [4.69, 9.17) is 0 Å². The average Bonchev–Trinajstić information content (AvgIpc) is 2.99. The van der Waals surface area contributed by atoms with Crippen molar-refractivity contribution in [2.45, 2.75) is 30.7 Å². The van der Waals surface area contributed by atoms with Gasteiger partial charge in [-0.3, -0.25) is 14.6 Å². The van der Waals surface area contributed by atoms with Crippen LogP contribution < -0.4 is 5.32 Å². The Morgan fingerprint density at radius 1 is 1.16 bits per heavy atom. The Kier molecular flexibility index (Phi) is 3.91. The number of hydrogen-bond donors (Lipinski definition) is 1. The molecule has 2 aromatic rings. The Hall–Kier alpha value is -2.83. The molecule has 2 amide bonds. The van der Waals surface area contributed by atoms with E-state index >= 15 is 0 Å². The fraction of sp³-hybridized carbons (Fsp3) is 0.389. The second-order valence-electron chi connectivity index (χ2n) is 6.67. The molecule has 0 bridgehead atoms. The van der Waals surface area contributed by atoms with Gasteiger partial charge in [0.1, 0.15) is 0 Å². The minimum atomic E-state index is -0.284. The number of carbonyl (C=O) groups excluding carboxylic acids is 2. The van der Waals surface area contributed by atoms with E-state index in [2.05, 4.69) is 20.5 Å². The summed E-state index contributed by atoms with van der Waals surface area (Å²) >= 11 is 0. The maximum absolute atomic E-state index is 12.6. The number of hydrogen-bond acceptors (Lipinski definition) is 5. The average molecular weight is 337 g/mol. The molecule has 0 aromatic carbocycles. The lowest BCUT2D eigenvalue weighted by Gasteiger charge is -2.42. The summed E-state index contributed by atoms with van der Waals surface area (Å²) in [5.74, 6) is 0.146. The van der Waals surface area contributed by atoms with Gasteiger partial charge in [-0.2, -0.15) is 10.2 Å². The number of rotatable bonds is 2. The molecule has 0 radical (unpaired) electrons. The van der Waals surface area contributed by atoms with Crippen LogP contribution in [0, 0.1) is 0 Å². The number of piperidine rings is 1. The molecule has 2 fully saturated rings. The van der Waals surface area contributed by atoms with Gasteiger partial charge in [-0.15, -0.1) is 0 Å². The third-order valence-electron chi connectivity index (χ3n) is 5.31. The fourth-order valence-corrected chi connectivity index (χ4v) is 4.00. The lowest BCUT2D eigenvalue weighted by Crippen LogP contribution is -2.54. The predicted molar refractivity (Wildman–Crippen MR) is 89.6 cm³/mol. The number of nitrogens with one attached hydrogen (secondary N) is 1. The topological polar surface area (TPSA) is 88.1 Å². The van der Waals surface area contributed by atoms with E-state index < -0.39 is 0 Å². The molecule has 4 heterocycles. The van der Waals surface area contributed by atoms with Crippen molar-refractivity contribution in [3.05, 3.63) is 54.1 Å². The third-order valence-corrected chi connectivity index (χ3v) is 5.31. The van der Waals surface area contributed by atoms with Gasteiger partial charge < -0.3 is 10.2 Å². The Morgan fingerprint density at radius 2 is 2.00 bits per heavy atom. The molecule has 2 aliphatic heterocycles. The molecule has 25 heavy (non-hydrogen) atoms. The largest absolute Gasteiger partial charge is 0.350 e. The molecule has 0 unspecified atom stereocenters. The van der Waals surface area contributed by atoms with Crippen LogP contribution in [-0.2, 0) is 4.79 Å². The normalized spacial score (nSPS) is 22.0. The fourth-order valence-electron chi connectivity index (χ4n) is 4.00. The van der Waals surface area contributed by atoms with Crippen molar-refractivity contribution >= 4 is 11.8 Å². The van der Waals surface area contributed by atoms with Crippen molar-refractivity contribution in [3.63, 3.8) is 0 Å². The Bertz CT molecular complexity index is 773. The van der Waals surface area contributed by atoms with E-state index in [1.165, 1.54) is 12.4 Å². The first kappa shape index (κ1) is 15.7. The molecule has 128 valence electrons. The van der Waals surface area contributed by atoms with Crippen LogP contribution in [0.4, 0.5) is 0 Å². The van der Waals surface area contributed by atoms with E-state index in [-0.39, 0.29) is 23.3 Å². The molecule has 0 saturated carbocycles. The maximum Gasteiger partial charge on any atom is 0.255 e. The van der Waals surface area contributed by atoms with Crippen LogP contribution in [0.5, 0.6) is 0 Å². The number of aromatic nitrogens is 3. The highest BCUT2D eigenvalue weighted by atomic mass is 16.2. The standard InChI is InChI=1S/C18H19N5O2/c24-16-10-15(13-2-1-6-19-11-13)18(22-16)4-8-23(9-5-18)17(25)14-3-7-20-21-12-14/h1-3,6-7,11-12,15H,4-5,8-10H2,(H,22,24)/t15-/m1/s1. The van der Waals surface area contributed by atoms with Gasteiger partial charge in [0.2, 0.25) is 5.91 Å². The van der Waals surface area contributed by atoms with Crippen LogP contribution in [0.2, 0.25) is 0 Å². The molecule has 2 aliphatic rings. The van der Waals surface area contributed by atoms with Crippen molar-refractivity contribution in [3.8, 4) is 0 Å². The molecule has 0 aliphatic carbocycles. The highest BCUT2D eigenvalue weighted by Crippen LogP contribution is 2.43. The molecule has 7 heteroatoms. The van der Waals surface area contributed by atoms with E-state index in [0.29, 0.717) is 25.1 Å². The molecule has 1 atom stereocenters. The summed E-state index contributed by atoms with van der Waals surface area (Å²) in [6, 6.07) is 5.61. The van der Waals surface area contributed by atoms with Gasteiger partial charge in [-0.1, -0.05) is 6.07 Å². The number of amides is 2. The monoisotopic (exact) mass is 337 g/mol. The van der Waals surface area contributed by atoms with Crippen molar-refractivity contribution in [1.82, 2.24) is 25.4 Å². The zero-order chi connectivity index (χ0) is 17.3. The Balaban J connectivity index is 1.51. The van der Waals surface area contributed by atoms with Crippen LogP contribution in [0.3, 0.4) is 0 Å². The second kappa shape index (κ2) is 6.23. The number of pyridine rings is 1. The van der Waals surface area contributed by atoms with Crippen molar-refractivity contribution < 1.29 is 9.59 Å². The Labute approximate surface area is 145 Å².